The van der Waals surface area contributed by atoms with E-state index in [0.717, 1.165) is 27.9 Å². The number of hydrogen-bond acceptors (Lipinski definition) is 14. The largest absolute Gasteiger partial charge is 0.467 e. The Hall–Kier alpha value is -5.24. The van der Waals surface area contributed by atoms with Crippen molar-refractivity contribution in [3.05, 3.63) is 59.0 Å². The van der Waals surface area contributed by atoms with Gasteiger partial charge in [0.25, 0.3) is 0 Å². The van der Waals surface area contributed by atoms with Crippen molar-refractivity contribution < 1.29 is 61.5 Å². The van der Waals surface area contributed by atoms with Gasteiger partial charge in [0.1, 0.15) is 23.3 Å². The number of carbonyl (C=O) groups excluding carboxylic acids is 5. The minimum absolute atomic E-state index is 0.0532. The first-order valence-corrected chi connectivity index (χ1v) is 13.1. The van der Waals surface area contributed by atoms with Crippen LogP contribution >= 0.6 is 0 Å². The molecule has 44 heavy (non-hydrogen) atoms. The zero-order chi connectivity index (χ0) is 32.1. The molecule has 0 unspecified atom stereocenters. The van der Waals surface area contributed by atoms with Gasteiger partial charge in [0, 0.05) is 33.8 Å². The van der Waals surface area contributed by atoms with E-state index in [1.54, 1.807) is 12.1 Å². The molecule has 1 aliphatic rings. The lowest BCUT2D eigenvalue weighted by molar-refractivity contribution is -0.282. The standard InChI is InChI=1S/C30H28O14/c1-14(31)39-19-8-6-18(7-9-19)22-13-38-23-12-20(10-11-21(23)24(22)35)43-30-28(42-17(4)34)26(41-16(3)33)25(40-15(2)32)27(44-30)29(36)37-5/h6-13,25-28,30H,1-5H3/t25-,26-,27-,28+,30+/m0/s1. The zero-order valence-corrected chi connectivity index (χ0v) is 24.2. The number of carbonyl (C=O) groups is 5. The lowest BCUT2D eigenvalue weighted by atomic mass is 9.97. The topological polar surface area (TPSA) is 180 Å². The first-order chi connectivity index (χ1) is 20.9. The molecule has 5 atom stereocenters. The zero-order valence-electron chi connectivity index (χ0n) is 24.2. The van der Waals surface area contributed by atoms with E-state index in [4.69, 9.17) is 37.6 Å². The monoisotopic (exact) mass is 612 g/mol. The molecule has 0 radical (unpaired) electrons. The van der Waals surface area contributed by atoms with Gasteiger partial charge in [-0.2, -0.15) is 0 Å². The fourth-order valence-corrected chi connectivity index (χ4v) is 4.56. The Morgan fingerprint density at radius 3 is 1.91 bits per heavy atom. The SMILES string of the molecule is COC(=O)[C@H]1O[C@@H](Oc2ccc3c(=O)c(-c4ccc(OC(C)=O)cc4)coc3c2)[C@H](OC(C)=O)[C@@H](OC(C)=O)[C@@H]1OC(C)=O. The summed E-state index contributed by atoms with van der Waals surface area (Å²) in [7, 11) is 1.07. The van der Waals surface area contributed by atoms with E-state index in [2.05, 4.69) is 0 Å². The molecule has 4 rings (SSSR count). The molecule has 1 aliphatic heterocycles. The summed E-state index contributed by atoms with van der Waals surface area (Å²) in [5, 5.41) is 0.195. The Morgan fingerprint density at radius 1 is 0.727 bits per heavy atom. The van der Waals surface area contributed by atoms with E-state index >= 15 is 0 Å². The van der Waals surface area contributed by atoms with Crippen LogP contribution in [0.3, 0.4) is 0 Å². The maximum atomic E-state index is 13.3. The van der Waals surface area contributed by atoms with Crippen molar-refractivity contribution in [1.29, 1.82) is 0 Å². The lowest BCUT2D eigenvalue weighted by Crippen LogP contribution is -2.64. The van der Waals surface area contributed by atoms with Crippen LogP contribution in [-0.4, -0.2) is 67.7 Å². The molecule has 1 aromatic heterocycles. The van der Waals surface area contributed by atoms with E-state index in [9.17, 15) is 28.8 Å². The molecule has 2 heterocycles. The fraction of sp³-hybridized carbons (Fsp3) is 0.333. The maximum absolute atomic E-state index is 13.3. The molecule has 0 N–H and O–H groups in total. The summed E-state index contributed by atoms with van der Waals surface area (Å²) in [6.45, 7) is 4.49. The van der Waals surface area contributed by atoms with Crippen LogP contribution in [-0.2, 0) is 47.7 Å². The molecule has 1 fully saturated rings. The summed E-state index contributed by atoms with van der Waals surface area (Å²) in [6.07, 6.45) is -6.57. The second-order valence-electron chi connectivity index (χ2n) is 9.54. The van der Waals surface area contributed by atoms with Gasteiger partial charge in [0.2, 0.25) is 12.4 Å². The van der Waals surface area contributed by atoms with Crippen molar-refractivity contribution in [2.75, 3.05) is 7.11 Å². The van der Waals surface area contributed by atoms with Gasteiger partial charge in [0.15, 0.2) is 23.7 Å². The molecule has 14 heteroatoms. The smallest absolute Gasteiger partial charge is 0.339 e. The first kappa shape index (κ1) is 31.7. The first-order valence-electron chi connectivity index (χ1n) is 13.1. The molecule has 3 aromatic rings. The summed E-state index contributed by atoms with van der Waals surface area (Å²) in [4.78, 5) is 73.0. The highest BCUT2D eigenvalue weighted by molar-refractivity contribution is 5.83. The number of hydrogen-bond donors (Lipinski definition) is 0. The normalized spacial score (nSPS) is 21.1. The summed E-state index contributed by atoms with van der Waals surface area (Å²) >= 11 is 0. The van der Waals surface area contributed by atoms with Gasteiger partial charge in [-0.05, 0) is 29.8 Å². The Balaban J connectivity index is 1.68. The molecule has 0 bridgehead atoms. The number of ether oxygens (including phenoxy) is 7. The van der Waals surface area contributed by atoms with Crippen LogP contribution < -0.4 is 14.9 Å². The highest BCUT2D eigenvalue weighted by Crippen LogP contribution is 2.32. The van der Waals surface area contributed by atoms with E-state index in [-0.39, 0.29) is 27.7 Å². The molecular formula is C30H28O14. The quantitative estimate of drug-likeness (QED) is 0.206. The van der Waals surface area contributed by atoms with Crippen LogP contribution in [0, 0.1) is 0 Å². The summed E-state index contributed by atoms with van der Waals surface area (Å²) < 4.78 is 43.1. The molecule has 14 nitrogen and oxygen atoms in total. The van der Waals surface area contributed by atoms with Crippen molar-refractivity contribution in [1.82, 2.24) is 0 Å². The molecule has 0 aliphatic carbocycles. The summed E-state index contributed by atoms with van der Waals surface area (Å²) in [5.74, 6) is -3.59. The van der Waals surface area contributed by atoms with Gasteiger partial charge >= 0.3 is 29.8 Å². The number of methoxy groups -OCH3 is 1. The third-order valence-corrected chi connectivity index (χ3v) is 6.26. The third-order valence-electron chi connectivity index (χ3n) is 6.26. The predicted molar refractivity (Wildman–Crippen MR) is 147 cm³/mol. The Morgan fingerprint density at radius 2 is 1.32 bits per heavy atom. The van der Waals surface area contributed by atoms with Crippen LogP contribution in [0.4, 0.5) is 0 Å². The van der Waals surface area contributed by atoms with Gasteiger partial charge < -0.3 is 37.6 Å². The van der Waals surface area contributed by atoms with Gasteiger partial charge in [-0.25, -0.2) is 4.79 Å². The summed E-state index contributed by atoms with van der Waals surface area (Å²) in [6, 6.07) is 10.5. The van der Waals surface area contributed by atoms with E-state index in [1.807, 2.05) is 0 Å². The molecule has 0 amide bonds. The molecule has 232 valence electrons. The second kappa shape index (κ2) is 13.4. The minimum Gasteiger partial charge on any atom is -0.467 e. The Labute approximate surface area is 249 Å². The number of esters is 5. The Kier molecular flexibility index (Phi) is 9.63. The van der Waals surface area contributed by atoms with Gasteiger partial charge in [-0.3, -0.25) is 24.0 Å². The number of benzene rings is 2. The number of rotatable bonds is 8. The molecule has 1 saturated heterocycles. The van der Waals surface area contributed by atoms with Gasteiger partial charge in [0.05, 0.1) is 18.1 Å². The molecular weight excluding hydrogens is 584 g/mol. The van der Waals surface area contributed by atoms with Crippen molar-refractivity contribution >= 4 is 40.8 Å². The van der Waals surface area contributed by atoms with Crippen LogP contribution in [0.5, 0.6) is 11.5 Å². The van der Waals surface area contributed by atoms with E-state index in [1.165, 1.54) is 43.5 Å². The fourth-order valence-electron chi connectivity index (χ4n) is 4.56. The van der Waals surface area contributed by atoms with Crippen molar-refractivity contribution in [2.45, 2.75) is 58.4 Å². The number of fused-ring (bicyclic) bond motifs is 1. The molecule has 2 aromatic carbocycles. The van der Waals surface area contributed by atoms with E-state index < -0.39 is 60.6 Å². The minimum atomic E-state index is -1.64. The second-order valence-corrected chi connectivity index (χ2v) is 9.54. The lowest BCUT2D eigenvalue weighted by Gasteiger charge is -2.43. The van der Waals surface area contributed by atoms with Crippen molar-refractivity contribution in [2.24, 2.45) is 0 Å². The van der Waals surface area contributed by atoms with Crippen LogP contribution in [0.1, 0.15) is 27.7 Å². The van der Waals surface area contributed by atoms with Crippen LogP contribution in [0.2, 0.25) is 0 Å². The third kappa shape index (κ3) is 7.21. The van der Waals surface area contributed by atoms with Gasteiger partial charge in [-0.1, -0.05) is 12.1 Å². The molecule has 0 spiro atoms. The summed E-state index contributed by atoms with van der Waals surface area (Å²) in [5.41, 5.74) is 0.512. The predicted octanol–water partition coefficient (Wildman–Crippen LogP) is 2.46. The highest BCUT2D eigenvalue weighted by Gasteiger charge is 2.55. The average Bonchev–Trinajstić information content (AvgIpc) is 2.95. The van der Waals surface area contributed by atoms with Crippen molar-refractivity contribution in [3.8, 4) is 22.6 Å². The maximum Gasteiger partial charge on any atom is 0.339 e. The van der Waals surface area contributed by atoms with Crippen LogP contribution in [0.15, 0.2) is 57.9 Å². The van der Waals surface area contributed by atoms with E-state index in [0.29, 0.717) is 11.3 Å². The molecule has 0 saturated carbocycles. The highest BCUT2D eigenvalue weighted by atomic mass is 16.7. The Bertz CT molecular complexity index is 1640. The average molecular weight is 613 g/mol. The van der Waals surface area contributed by atoms with Gasteiger partial charge in [-0.15, -0.1) is 0 Å². The van der Waals surface area contributed by atoms with Crippen molar-refractivity contribution in [3.63, 3.8) is 0 Å². The van der Waals surface area contributed by atoms with Crippen LogP contribution in [0.25, 0.3) is 22.1 Å².